The number of anilines is 1. The van der Waals surface area contributed by atoms with Crippen molar-refractivity contribution in [2.45, 2.75) is 12.8 Å². The maximum absolute atomic E-state index is 12.4. The first-order valence-electron chi connectivity index (χ1n) is 9.09. The number of nitrogens with one attached hydrogen (secondary N) is 1. The number of amides is 2. The average molecular weight is 407 g/mol. The summed E-state index contributed by atoms with van der Waals surface area (Å²) in [6, 6.07) is 19.1. The molecule has 1 unspecified atom stereocenters. The number of carbonyl (C=O) groups excluding carboxylic acids is 2. The molecule has 0 spiro atoms. The number of hydrogen-bond acceptors (Lipinski definition) is 4. The van der Waals surface area contributed by atoms with Crippen molar-refractivity contribution in [2.24, 2.45) is 5.73 Å². The summed E-state index contributed by atoms with van der Waals surface area (Å²) in [6.07, 6.45) is 3.12. The van der Waals surface area contributed by atoms with Crippen molar-refractivity contribution in [3.8, 4) is 5.75 Å². The molecule has 0 saturated carbocycles. The monoisotopic (exact) mass is 406 g/mol. The number of rotatable bonds is 7. The minimum absolute atomic E-state index is 0.0831. The zero-order chi connectivity index (χ0) is 20.8. The predicted molar refractivity (Wildman–Crippen MR) is 117 cm³/mol. The van der Waals surface area contributed by atoms with Crippen LogP contribution in [0.4, 0.5) is 5.00 Å². The first-order valence-corrected chi connectivity index (χ1v) is 9.91. The Morgan fingerprint density at radius 1 is 1.10 bits per heavy atom. The number of primary amides is 1. The minimum atomic E-state index is -0.567. The van der Waals surface area contributed by atoms with Crippen LogP contribution < -0.4 is 15.8 Å². The second-order valence-electron chi connectivity index (χ2n) is 6.48. The van der Waals surface area contributed by atoms with Gasteiger partial charge in [-0.05, 0) is 35.4 Å². The molecule has 1 heterocycles. The summed E-state index contributed by atoms with van der Waals surface area (Å²) in [6.45, 7) is 2.06. The summed E-state index contributed by atoms with van der Waals surface area (Å²) in [5, 5.41) is 3.24. The quantitative estimate of drug-likeness (QED) is 0.560. The second kappa shape index (κ2) is 9.21. The number of thiophene rings is 1. The van der Waals surface area contributed by atoms with E-state index in [1.807, 2.05) is 54.6 Å². The number of carbonyl (C=O) groups is 2. The van der Waals surface area contributed by atoms with Crippen molar-refractivity contribution in [3.63, 3.8) is 0 Å². The minimum Gasteiger partial charge on any atom is -0.497 e. The number of benzene rings is 2. The molecule has 2 aromatic carbocycles. The molecule has 0 bridgehead atoms. The first kappa shape index (κ1) is 20.4. The van der Waals surface area contributed by atoms with E-state index in [0.29, 0.717) is 10.6 Å². The van der Waals surface area contributed by atoms with Crippen molar-refractivity contribution in [1.82, 2.24) is 0 Å². The fraction of sp³-hybridized carbons (Fsp3) is 0.130. The van der Waals surface area contributed by atoms with Crippen molar-refractivity contribution in [3.05, 3.63) is 88.3 Å². The molecular formula is C23H22N2O3S. The molecular weight excluding hydrogens is 384 g/mol. The van der Waals surface area contributed by atoms with E-state index in [-0.39, 0.29) is 11.8 Å². The highest BCUT2D eigenvalue weighted by atomic mass is 32.1. The van der Waals surface area contributed by atoms with Gasteiger partial charge in [-0.25, -0.2) is 0 Å². The van der Waals surface area contributed by atoms with Gasteiger partial charge in [-0.1, -0.05) is 49.4 Å². The smallest absolute Gasteiger partial charge is 0.251 e. The Hall–Kier alpha value is -3.38. The molecule has 0 aliphatic carbocycles. The highest BCUT2D eigenvalue weighted by Gasteiger charge is 2.19. The van der Waals surface area contributed by atoms with E-state index in [1.54, 1.807) is 19.3 Å². The lowest BCUT2D eigenvalue weighted by Crippen LogP contribution is -2.14. The molecule has 3 rings (SSSR count). The third kappa shape index (κ3) is 5.12. The van der Waals surface area contributed by atoms with Gasteiger partial charge in [0, 0.05) is 16.9 Å². The summed E-state index contributed by atoms with van der Waals surface area (Å²) in [5.74, 6) is -0.0672. The number of methoxy groups -OCH3 is 1. The Bertz CT molecular complexity index is 1020. The Balaban J connectivity index is 1.76. The molecule has 3 N–H and O–H groups in total. The lowest BCUT2D eigenvalue weighted by molar-refractivity contribution is -0.111. The molecule has 2 amide bonds. The van der Waals surface area contributed by atoms with Crippen molar-refractivity contribution >= 4 is 34.2 Å². The Kier molecular flexibility index (Phi) is 6.46. The van der Waals surface area contributed by atoms with Gasteiger partial charge in [0.15, 0.2) is 0 Å². The maximum atomic E-state index is 12.4. The lowest BCUT2D eigenvalue weighted by atomic mass is 9.99. The molecule has 1 atom stereocenters. The predicted octanol–water partition coefficient (Wildman–Crippen LogP) is 4.66. The molecule has 0 aliphatic rings. The Morgan fingerprint density at radius 3 is 2.41 bits per heavy atom. The van der Waals surface area contributed by atoms with Crippen LogP contribution in [0.5, 0.6) is 5.75 Å². The van der Waals surface area contributed by atoms with E-state index in [9.17, 15) is 9.59 Å². The Morgan fingerprint density at radius 2 is 1.79 bits per heavy atom. The molecule has 1 aromatic heterocycles. The molecule has 0 radical (unpaired) electrons. The van der Waals surface area contributed by atoms with Crippen LogP contribution in [0.15, 0.2) is 66.7 Å². The van der Waals surface area contributed by atoms with Crippen molar-refractivity contribution in [1.29, 1.82) is 0 Å². The third-order valence-corrected chi connectivity index (χ3v) is 5.76. The van der Waals surface area contributed by atoms with E-state index in [4.69, 9.17) is 10.5 Å². The van der Waals surface area contributed by atoms with Gasteiger partial charge >= 0.3 is 0 Å². The average Bonchev–Trinajstić information content (AvgIpc) is 3.16. The largest absolute Gasteiger partial charge is 0.497 e. The van der Waals surface area contributed by atoms with Gasteiger partial charge < -0.3 is 15.8 Å². The zero-order valence-corrected chi connectivity index (χ0v) is 17.0. The van der Waals surface area contributed by atoms with Gasteiger partial charge in [-0.3, -0.25) is 9.59 Å². The number of hydrogen-bond donors (Lipinski definition) is 2. The fourth-order valence-electron chi connectivity index (χ4n) is 2.85. The molecule has 6 heteroatoms. The maximum Gasteiger partial charge on any atom is 0.251 e. The van der Waals surface area contributed by atoms with Crippen LogP contribution in [-0.2, 0) is 4.79 Å². The third-order valence-electron chi connectivity index (χ3n) is 4.52. The van der Waals surface area contributed by atoms with E-state index < -0.39 is 5.91 Å². The standard InChI is InChI=1S/C23H22N2O3S/c1-15(17-6-4-3-5-7-17)20-14-19(22(24)27)23(29-20)25-21(26)13-10-16-8-11-18(28-2)12-9-16/h3-15H,1-2H3,(H2,24,27)(H,25,26)/b13-10+. The van der Waals surface area contributed by atoms with Crippen LogP contribution in [0.25, 0.3) is 6.08 Å². The molecule has 3 aromatic rings. The summed E-state index contributed by atoms with van der Waals surface area (Å²) in [7, 11) is 1.60. The SMILES string of the molecule is COc1ccc(/C=C/C(=O)Nc2sc(C(C)c3ccccc3)cc2C(N)=O)cc1. The van der Waals surface area contributed by atoms with Gasteiger partial charge in [0.2, 0.25) is 5.91 Å². The van der Waals surface area contributed by atoms with Crippen LogP contribution in [0, 0.1) is 0 Å². The summed E-state index contributed by atoms with van der Waals surface area (Å²) >= 11 is 1.36. The van der Waals surface area contributed by atoms with Gasteiger partial charge in [-0.15, -0.1) is 11.3 Å². The van der Waals surface area contributed by atoms with E-state index in [0.717, 1.165) is 21.8 Å². The molecule has 0 fully saturated rings. The Labute approximate surface area is 173 Å². The van der Waals surface area contributed by atoms with Gasteiger partial charge in [0.1, 0.15) is 10.8 Å². The van der Waals surface area contributed by atoms with Gasteiger partial charge in [-0.2, -0.15) is 0 Å². The highest BCUT2D eigenvalue weighted by molar-refractivity contribution is 7.16. The summed E-state index contributed by atoms with van der Waals surface area (Å²) in [4.78, 5) is 25.2. The van der Waals surface area contributed by atoms with Crippen LogP contribution in [0.2, 0.25) is 0 Å². The van der Waals surface area contributed by atoms with Gasteiger partial charge in [0.05, 0.1) is 12.7 Å². The molecule has 148 valence electrons. The highest BCUT2D eigenvalue weighted by Crippen LogP contribution is 2.36. The molecule has 5 nitrogen and oxygen atoms in total. The summed E-state index contributed by atoms with van der Waals surface area (Å²) < 4.78 is 5.12. The van der Waals surface area contributed by atoms with E-state index >= 15 is 0 Å². The normalized spacial score (nSPS) is 11.9. The fourth-order valence-corrected chi connectivity index (χ4v) is 3.99. The second-order valence-corrected chi connectivity index (χ2v) is 7.57. The van der Waals surface area contributed by atoms with Crippen LogP contribution in [-0.4, -0.2) is 18.9 Å². The van der Waals surface area contributed by atoms with E-state index in [1.165, 1.54) is 17.4 Å². The van der Waals surface area contributed by atoms with E-state index in [2.05, 4.69) is 12.2 Å². The lowest BCUT2D eigenvalue weighted by Gasteiger charge is -2.08. The topological polar surface area (TPSA) is 81.4 Å². The zero-order valence-electron chi connectivity index (χ0n) is 16.2. The number of nitrogens with two attached hydrogens (primary N) is 1. The number of ether oxygens (including phenoxy) is 1. The van der Waals surface area contributed by atoms with Crippen LogP contribution >= 0.6 is 11.3 Å². The van der Waals surface area contributed by atoms with Crippen molar-refractivity contribution in [2.75, 3.05) is 12.4 Å². The summed E-state index contributed by atoms with van der Waals surface area (Å²) in [5.41, 5.74) is 7.83. The van der Waals surface area contributed by atoms with Crippen LogP contribution in [0.3, 0.4) is 0 Å². The first-order chi connectivity index (χ1) is 14.0. The molecule has 0 saturated heterocycles. The van der Waals surface area contributed by atoms with Crippen LogP contribution in [0.1, 0.15) is 39.2 Å². The van der Waals surface area contributed by atoms with Gasteiger partial charge in [0.25, 0.3) is 5.91 Å². The molecule has 0 aliphatic heterocycles. The molecule has 29 heavy (non-hydrogen) atoms. The van der Waals surface area contributed by atoms with Crippen molar-refractivity contribution < 1.29 is 14.3 Å².